The summed E-state index contributed by atoms with van der Waals surface area (Å²) in [6.45, 7) is -0.461. The first kappa shape index (κ1) is 6.40. The number of halogens is 1. The van der Waals surface area contributed by atoms with E-state index in [0.29, 0.717) is 5.56 Å². The zero-order valence-electron chi connectivity index (χ0n) is 5.88. The van der Waals surface area contributed by atoms with Crippen LogP contribution in [0.5, 0.6) is 0 Å². The fourth-order valence-corrected chi connectivity index (χ4v) is 1.14. The normalized spacial score (nSPS) is 10.6. The number of hydrogen-bond donors (Lipinski definition) is 0. The van der Waals surface area contributed by atoms with Crippen molar-refractivity contribution in [3.63, 3.8) is 0 Å². The number of para-hydroxylation sites is 1. The van der Waals surface area contributed by atoms with Gasteiger partial charge in [0, 0.05) is 10.9 Å². The maximum atomic E-state index is 12.2. The molecule has 11 heavy (non-hydrogen) atoms. The van der Waals surface area contributed by atoms with Gasteiger partial charge in [-0.1, -0.05) is 18.2 Å². The van der Waals surface area contributed by atoms with Gasteiger partial charge in [-0.25, -0.2) is 4.39 Å². The summed E-state index contributed by atoms with van der Waals surface area (Å²) in [5.41, 5.74) is 1.38. The lowest BCUT2D eigenvalue weighted by molar-refractivity contribution is 0.480. The second-order valence-corrected chi connectivity index (χ2v) is 2.39. The molecule has 2 aromatic rings. The third kappa shape index (κ3) is 0.909. The quantitative estimate of drug-likeness (QED) is 0.609. The molecule has 56 valence electrons. The van der Waals surface area contributed by atoms with Gasteiger partial charge >= 0.3 is 0 Å². The summed E-state index contributed by atoms with van der Waals surface area (Å²) < 4.78 is 17.3. The predicted molar refractivity (Wildman–Crippen MR) is 41.0 cm³/mol. The topological polar surface area (TPSA) is 13.1 Å². The Kier molecular flexibility index (Phi) is 1.39. The molecule has 0 radical (unpaired) electrons. The first-order valence-electron chi connectivity index (χ1n) is 3.43. The zero-order valence-corrected chi connectivity index (χ0v) is 5.88. The Labute approximate surface area is 63.4 Å². The lowest BCUT2D eigenvalue weighted by Crippen LogP contribution is -1.71. The maximum absolute atomic E-state index is 12.2. The molecule has 2 heteroatoms. The van der Waals surface area contributed by atoms with Crippen LogP contribution in [0.4, 0.5) is 4.39 Å². The fraction of sp³-hybridized carbons (Fsp3) is 0.111. The van der Waals surface area contributed by atoms with Crippen LogP contribution in [0.3, 0.4) is 0 Å². The molecule has 0 fully saturated rings. The molecule has 0 atom stereocenters. The summed E-state index contributed by atoms with van der Waals surface area (Å²) in [5, 5.41) is 0.870. The van der Waals surface area contributed by atoms with Crippen LogP contribution in [0.15, 0.2) is 34.9 Å². The van der Waals surface area contributed by atoms with Gasteiger partial charge in [-0.3, -0.25) is 0 Å². The Morgan fingerprint density at radius 1 is 1.27 bits per heavy atom. The van der Waals surface area contributed by atoms with Gasteiger partial charge in [0.2, 0.25) is 0 Å². The van der Waals surface area contributed by atoms with Crippen LogP contribution < -0.4 is 0 Å². The van der Waals surface area contributed by atoms with Gasteiger partial charge in [-0.05, 0) is 6.07 Å². The number of rotatable bonds is 1. The molecule has 0 bridgehead atoms. The molecule has 0 N–H and O–H groups in total. The minimum atomic E-state index is -0.461. The molecule has 0 amide bonds. The Bertz CT molecular complexity index is 364. The van der Waals surface area contributed by atoms with Crippen molar-refractivity contribution in [1.29, 1.82) is 0 Å². The van der Waals surface area contributed by atoms with Crippen LogP contribution in [0, 0.1) is 0 Å². The molecule has 1 nitrogen and oxygen atoms in total. The first-order chi connectivity index (χ1) is 5.42. The van der Waals surface area contributed by atoms with Gasteiger partial charge in [-0.15, -0.1) is 0 Å². The van der Waals surface area contributed by atoms with Crippen molar-refractivity contribution in [2.45, 2.75) is 6.67 Å². The van der Waals surface area contributed by atoms with Crippen LogP contribution in [-0.4, -0.2) is 0 Å². The molecular formula is C9H7FO. The number of fused-ring (bicyclic) bond motifs is 1. The Morgan fingerprint density at radius 2 is 2.09 bits per heavy atom. The van der Waals surface area contributed by atoms with E-state index in [1.54, 1.807) is 0 Å². The molecule has 0 unspecified atom stereocenters. The summed E-state index contributed by atoms with van der Waals surface area (Å²) in [6.07, 6.45) is 1.46. The Morgan fingerprint density at radius 3 is 2.91 bits per heavy atom. The maximum Gasteiger partial charge on any atom is 0.134 e. The van der Waals surface area contributed by atoms with E-state index in [9.17, 15) is 4.39 Å². The zero-order chi connectivity index (χ0) is 7.68. The summed E-state index contributed by atoms with van der Waals surface area (Å²) in [4.78, 5) is 0. The predicted octanol–water partition coefficient (Wildman–Crippen LogP) is 2.90. The second-order valence-electron chi connectivity index (χ2n) is 2.39. The van der Waals surface area contributed by atoms with E-state index in [1.165, 1.54) is 6.26 Å². The van der Waals surface area contributed by atoms with Gasteiger partial charge < -0.3 is 4.42 Å². The minimum absolute atomic E-state index is 0.461. The average molecular weight is 150 g/mol. The van der Waals surface area contributed by atoms with Gasteiger partial charge in [0.1, 0.15) is 12.3 Å². The summed E-state index contributed by atoms with van der Waals surface area (Å²) >= 11 is 0. The highest BCUT2D eigenvalue weighted by molar-refractivity contribution is 5.80. The molecule has 0 saturated carbocycles. The monoisotopic (exact) mass is 150 g/mol. The Balaban J connectivity index is 2.76. The molecule has 0 aliphatic carbocycles. The average Bonchev–Trinajstić information content (AvgIpc) is 2.47. The molecule has 0 aliphatic rings. The van der Waals surface area contributed by atoms with Crippen molar-refractivity contribution in [1.82, 2.24) is 0 Å². The first-order valence-corrected chi connectivity index (χ1v) is 3.43. The SMILES string of the molecule is FCc1coc2ccccc12. The van der Waals surface area contributed by atoms with E-state index >= 15 is 0 Å². The van der Waals surface area contributed by atoms with Crippen LogP contribution in [0.1, 0.15) is 5.56 Å². The highest BCUT2D eigenvalue weighted by Gasteiger charge is 2.02. The smallest absolute Gasteiger partial charge is 0.134 e. The molecule has 0 saturated heterocycles. The van der Waals surface area contributed by atoms with E-state index < -0.39 is 6.67 Å². The second kappa shape index (κ2) is 2.38. The molecule has 2 rings (SSSR count). The lowest BCUT2D eigenvalue weighted by Gasteiger charge is -1.86. The van der Waals surface area contributed by atoms with Crippen LogP contribution in [-0.2, 0) is 6.67 Å². The third-order valence-electron chi connectivity index (χ3n) is 1.71. The molecular weight excluding hydrogens is 143 g/mol. The number of furan rings is 1. The van der Waals surface area contributed by atoms with Crippen LogP contribution >= 0.6 is 0 Å². The van der Waals surface area contributed by atoms with E-state index in [0.717, 1.165) is 11.0 Å². The fourth-order valence-electron chi connectivity index (χ4n) is 1.14. The van der Waals surface area contributed by atoms with Crippen LogP contribution in [0.2, 0.25) is 0 Å². The van der Waals surface area contributed by atoms with Crippen molar-refractivity contribution in [3.8, 4) is 0 Å². The van der Waals surface area contributed by atoms with Crippen molar-refractivity contribution >= 4 is 11.0 Å². The van der Waals surface area contributed by atoms with Gasteiger partial charge in [0.05, 0.1) is 6.26 Å². The highest BCUT2D eigenvalue weighted by atomic mass is 19.1. The van der Waals surface area contributed by atoms with Crippen molar-refractivity contribution in [3.05, 3.63) is 36.1 Å². The summed E-state index contributed by atoms with van der Waals surface area (Å²) in [5.74, 6) is 0. The number of alkyl halides is 1. The standard InChI is InChI=1S/C9H7FO/c10-5-7-6-11-9-4-2-1-3-8(7)9/h1-4,6H,5H2. The lowest BCUT2D eigenvalue weighted by atomic mass is 10.2. The van der Waals surface area contributed by atoms with Gasteiger partial charge in [0.15, 0.2) is 0 Å². The largest absolute Gasteiger partial charge is 0.464 e. The molecule has 0 aliphatic heterocycles. The van der Waals surface area contributed by atoms with Crippen LogP contribution in [0.25, 0.3) is 11.0 Å². The van der Waals surface area contributed by atoms with E-state index in [1.807, 2.05) is 24.3 Å². The van der Waals surface area contributed by atoms with E-state index in [4.69, 9.17) is 4.42 Å². The molecule has 1 aromatic carbocycles. The van der Waals surface area contributed by atoms with Crippen molar-refractivity contribution in [2.24, 2.45) is 0 Å². The Hall–Kier alpha value is -1.31. The minimum Gasteiger partial charge on any atom is -0.464 e. The molecule has 1 aromatic heterocycles. The number of hydrogen-bond acceptors (Lipinski definition) is 1. The van der Waals surface area contributed by atoms with Crippen molar-refractivity contribution < 1.29 is 8.81 Å². The van der Waals surface area contributed by atoms with E-state index in [2.05, 4.69) is 0 Å². The van der Waals surface area contributed by atoms with Gasteiger partial charge in [0.25, 0.3) is 0 Å². The van der Waals surface area contributed by atoms with Crippen molar-refractivity contribution in [2.75, 3.05) is 0 Å². The molecule has 1 heterocycles. The summed E-state index contributed by atoms with van der Waals surface area (Å²) in [7, 11) is 0. The van der Waals surface area contributed by atoms with Gasteiger partial charge in [-0.2, -0.15) is 0 Å². The van der Waals surface area contributed by atoms with E-state index in [-0.39, 0.29) is 0 Å². The third-order valence-corrected chi connectivity index (χ3v) is 1.71. The molecule has 0 spiro atoms. The summed E-state index contributed by atoms with van der Waals surface area (Å²) in [6, 6.07) is 7.42. The highest BCUT2D eigenvalue weighted by Crippen LogP contribution is 2.20. The number of benzene rings is 1.